The lowest BCUT2D eigenvalue weighted by molar-refractivity contribution is -0.938. The van der Waals surface area contributed by atoms with E-state index in [0.717, 1.165) is 0 Å². The average molecular weight is 293 g/mol. The van der Waals surface area contributed by atoms with E-state index in [2.05, 4.69) is 51.1 Å². The molecular formula is C19H35NO. The van der Waals surface area contributed by atoms with Crippen LogP contribution in [0.15, 0.2) is 30.3 Å². The summed E-state index contributed by atoms with van der Waals surface area (Å²) in [4.78, 5) is 0. The van der Waals surface area contributed by atoms with Crippen LogP contribution in [0.25, 0.3) is 0 Å². The van der Waals surface area contributed by atoms with Crippen molar-refractivity contribution in [2.75, 3.05) is 19.6 Å². The highest BCUT2D eigenvalue weighted by molar-refractivity contribution is 5.13. The predicted octanol–water partition coefficient (Wildman–Crippen LogP) is 5.23. The molecule has 0 fully saturated rings. The smallest absolute Gasteiger partial charge is 0.104 e. The van der Waals surface area contributed by atoms with Crippen LogP contribution in [0.3, 0.4) is 0 Å². The fourth-order valence-electron chi connectivity index (χ4n) is 3.04. The maximum atomic E-state index is 2.35. The maximum Gasteiger partial charge on any atom is 0.104 e. The van der Waals surface area contributed by atoms with Crippen molar-refractivity contribution in [2.24, 2.45) is 0 Å². The van der Waals surface area contributed by atoms with Crippen LogP contribution in [-0.2, 0) is 6.54 Å². The number of hydrogen-bond donors (Lipinski definition) is 0. The van der Waals surface area contributed by atoms with Gasteiger partial charge in [0.05, 0.1) is 19.6 Å². The van der Waals surface area contributed by atoms with E-state index in [1.807, 2.05) is 0 Å². The Morgan fingerprint density at radius 3 is 1.90 bits per heavy atom. The highest BCUT2D eigenvalue weighted by Gasteiger charge is 2.22. The van der Waals surface area contributed by atoms with Gasteiger partial charge in [-0.25, -0.2) is 0 Å². The summed E-state index contributed by atoms with van der Waals surface area (Å²) in [7, 11) is 0. The first-order valence-corrected chi connectivity index (χ1v) is 8.65. The van der Waals surface area contributed by atoms with Gasteiger partial charge in [0.15, 0.2) is 0 Å². The molecule has 0 spiro atoms. The summed E-state index contributed by atoms with van der Waals surface area (Å²) in [5.41, 5.74) is 1.49. The van der Waals surface area contributed by atoms with Gasteiger partial charge in [0.25, 0.3) is 0 Å². The third kappa shape index (κ3) is 7.63. The Kier molecular flexibility index (Phi) is 11.3. The molecule has 2 nitrogen and oxygen atoms in total. The fourth-order valence-corrected chi connectivity index (χ4v) is 3.04. The van der Waals surface area contributed by atoms with Crippen molar-refractivity contribution < 1.29 is 9.96 Å². The summed E-state index contributed by atoms with van der Waals surface area (Å²) < 4.78 is 1.25. The van der Waals surface area contributed by atoms with Crippen LogP contribution in [0.5, 0.6) is 0 Å². The summed E-state index contributed by atoms with van der Waals surface area (Å²) in [5.74, 6) is 0. The number of nitrogens with zero attached hydrogens (tertiary/aromatic N) is 1. The van der Waals surface area contributed by atoms with Gasteiger partial charge in [0.2, 0.25) is 0 Å². The van der Waals surface area contributed by atoms with E-state index in [-0.39, 0.29) is 5.48 Å². The monoisotopic (exact) mass is 293 g/mol. The first-order valence-electron chi connectivity index (χ1n) is 8.65. The number of unbranched alkanes of at least 4 members (excludes halogenated alkanes) is 5. The number of hydrogen-bond acceptors (Lipinski definition) is 1. The summed E-state index contributed by atoms with van der Waals surface area (Å²) in [5, 5.41) is 0. The second-order valence-corrected chi connectivity index (χ2v) is 6.11. The number of rotatable bonds is 11. The first-order chi connectivity index (χ1) is 9.76. The molecule has 0 aliphatic heterocycles. The molecule has 0 saturated carbocycles. The van der Waals surface area contributed by atoms with E-state index < -0.39 is 0 Å². The third-order valence-corrected chi connectivity index (χ3v) is 4.69. The molecular weight excluding hydrogens is 258 g/mol. The molecule has 21 heavy (non-hydrogen) atoms. The summed E-state index contributed by atoms with van der Waals surface area (Å²) in [6, 6.07) is 11.0. The van der Waals surface area contributed by atoms with Crippen molar-refractivity contribution in [1.29, 1.82) is 0 Å². The summed E-state index contributed by atoms with van der Waals surface area (Å²) >= 11 is 0. The molecule has 1 aromatic carbocycles. The molecule has 0 saturated heterocycles. The molecule has 0 aliphatic carbocycles. The minimum atomic E-state index is 0. The number of benzene rings is 1. The van der Waals surface area contributed by atoms with Gasteiger partial charge in [-0.15, -0.1) is 0 Å². The second-order valence-electron chi connectivity index (χ2n) is 6.11. The van der Waals surface area contributed by atoms with Crippen LogP contribution in [0.2, 0.25) is 0 Å². The van der Waals surface area contributed by atoms with Crippen LogP contribution >= 0.6 is 0 Å². The van der Waals surface area contributed by atoms with Crippen molar-refractivity contribution in [3.8, 4) is 0 Å². The van der Waals surface area contributed by atoms with Crippen molar-refractivity contribution in [3.05, 3.63) is 35.9 Å². The molecule has 0 aliphatic rings. The third-order valence-electron chi connectivity index (χ3n) is 4.69. The predicted molar refractivity (Wildman–Crippen MR) is 91.7 cm³/mol. The summed E-state index contributed by atoms with van der Waals surface area (Å²) in [6.45, 7) is 12.0. The highest BCUT2D eigenvalue weighted by Crippen LogP contribution is 2.17. The van der Waals surface area contributed by atoms with Crippen molar-refractivity contribution >= 4 is 0 Å². The summed E-state index contributed by atoms with van der Waals surface area (Å²) in [6.07, 6.45) is 8.40. The van der Waals surface area contributed by atoms with Gasteiger partial charge >= 0.3 is 0 Å². The molecule has 0 radical (unpaired) electrons. The largest absolute Gasteiger partial charge is 0.870 e. The fraction of sp³-hybridized carbons (Fsp3) is 0.684. The lowest BCUT2D eigenvalue weighted by Crippen LogP contribution is -2.47. The van der Waals surface area contributed by atoms with Crippen LogP contribution in [0, 0.1) is 0 Å². The van der Waals surface area contributed by atoms with Gasteiger partial charge in [0.1, 0.15) is 6.54 Å². The van der Waals surface area contributed by atoms with E-state index >= 15 is 0 Å². The lowest BCUT2D eigenvalue weighted by atomic mass is 10.1. The van der Waals surface area contributed by atoms with Gasteiger partial charge < -0.3 is 9.96 Å². The molecule has 0 bridgehead atoms. The van der Waals surface area contributed by atoms with Crippen molar-refractivity contribution in [2.45, 2.75) is 65.8 Å². The Hall–Kier alpha value is -0.860. The van der Waals surface area contributed by atoms with Gasteiger partial charge in [-0.1, -0.05) is 62.9 Å². The molecule has 1 rings (SSSR count). The molecule has 0 heterocycles. The average Bonchev–Trinajstić information content (AvgIpc) is 2.50. The molecule has 0 aromatic heterocycles. The topological polar surface area (TPSA) is 30.0 Å². The molecule has 2 heteroatoms. The van der Waals surface area contributed by atoms with Crippen LogP contribution in [-0.4, -0.2) is 29.6 Å². The minimum Gasteiger partial charge on any atom is -0.870 e. The van der Waals surface area contributed by atoms with Gasteiger partial charge in [-0.05, 0) is 26.7 Å². The van der Waals surface area contributed by atoms with E-state index in [0.29, 0.717) is 0 Å². The van der Waals surface area contributed by atoms with Crippen LogP contribution in [0.4, 0.5) is 0 Å². The maximum absolute atomic E-state index is 2.35. The Morgan fingerprint density at radius 2 is 1.33 bits per heavy atom. The molecule has 0 amide bonds. The quantitative estimate of drug-likeness (QED) is 0.406. The number of quaternary nitrogens is 1. The lowest BCUT2D eigenvalue weighted by Gasteiger charge is -2.37. The zero-order valence-corrected chi connectivity index (χ0v) is 14.4. The van der Waals surface area contributed by atoms with E-state index in [9.17, 15) is 0 Å². The molecule has 0 atom stereocenters. The SMILES string of the molecule is CCCCCCCC[N+](CC)(CC)Cc1ccccc1.[OH-]. The van der Waals surface area contributed by atoms with Crippen LogP contribution in [0.1, 0.15) is 64.9 Å². The molecule has 1 aromatic rings. The van der Waals surface area contributed by atoms with Crippen LogP contribution < -0.4 is 0 Å². The normalized spacial score (nSPS) is 11.2. The highest BCUT2D eigenvalue weighted by atomic mass is 16.0. The van der Waals surface area contributed by atoms with Crippen molar-refractivity contribution in [1.82, 2.24) is 0 Å². The zero-order chi connectivity index (χ0) is 14.7. The molecule has 1 N–H and O–H groups in total. The van der Waals surface area contributed by atoms with E-state index in [4.69, 9.17) is 0 Å². The van der Waals surface area contributed by atoms with Gasteiger partial charge in [-0.2, -0.15) is 0 Å². The standard InChI is InChI=1S/C19H34N.H2O/c1-4-7-8-9-10-14-17-20(5-2,6-3)18-19-15-12-11-13-16-19;/h11-13,15-16H,4-10,14,17-18H2,1-3H3;1H2/q+1;/p-1. The Labute approximate surface area is 132 Å². The Bertz CT molecular complexity index is 333. The minimum absolute atomic E-state index is 0. The van der Waals surface area contributed by atoms with E-state index in [1.165, 1.54) is 74.8 Å². The van der Waals surface area contributed by atoms with Crippen molar-refractivity contribution in [3.63, 3.8) is 0 Å². The molecule has 122 valence electrons. The Balaban J connectivity index is 0.00000400. The Morgan fingerprint density at radius 1 is 0.762 bits per heavy atom. The second kappa shape index (κ2) is 11.8. The zero-order valence-electron chi connectivity index (χ0n) is 14.4. The first kappa shape index (κ1) is 20.1. The van der Waals surface area contributed by atoms with Gasteiger partial charge in [0, 0.05) is 5.56 Å². The molecule has 0 unspecified atom stereocenters. The van der Waals surface area contributed by atoms with E-state index in [1.54, 1.807) is 0 Å². The van der Waals surface area contributed by atoms with Gasteiger partial charge in [-0.3, -0.25) is 0 Å².